The predicted molar refractivity (Wildman–Crippen MR) is 51.9 cm³/mol. The third kappa shape index (κ3) is 2.04. The number of hydrogen-bond donors (Lipinski definition) is 2. The number of aromatic nitrogens is 2. The van der Waals surface area contributed by atoms with Crippen molar-refractivity contribution in [3.63, 3.8) is 0 Å². The number of aliphatic hydroxyl groups excluding tert-OH is 2. The molecule has 0 bridgehead atoms. The zero-order chi connectivity index (χ0) is 11.7. The molecule has 0 aliphatic carbocycles. The number of ether oxygens (including phenoxy) is 1. The van der Waals surface area contributed by atoms with Gasteiger partial charge in [-0.25, -0.2) is 14.4 Å². The highest BCUT2D eigenvalue weighted by Crippen LogP contribution is 2.31. The second-order valence-corrected chi connectivity index (χ2v) is 3.88. The van der Waals surface area contributed by atoms with Crippen LogP contribution in [0, 0.1) is 5.82 Å². The Morgan fingerprint density at radius 1 is 1.50 bits per heavy atom. The lowest BCUT2D eigenvalue weighted by Gasteiger charge is -2.35. The first-order valence-electron chi connectivity index (χ1n) is 5.06. The Morgan fingerprint density at radius 2 is 2.25 bits per heavy atom. The second kappa shape index (κ2) is 4.40. The van der Waals surface area contributed by atoms with Gasteiger partial charge in [-0.15, -0.1) is 0 Å². The minimum Gasteiger partial charge on any atom is -0.390 e. The Kier molecular flexibility index (Phi) is 3.13. The van der Waals surface area contributed by atoms with E-state index in [1.165, 1.54) is 6.33 Å². The number of rotatable bonds is 1. The van der Waals surface area contributed by atoms with Crippen LogP contribution in [0.4, 0.5) is 4.39 Å². The van der Waals surface area contributed by atoms with Crippen LogP contribution in [-0.4, -0.2) is 38.5 Å². The van der Waals surface area contributed by atoms with Gasteiger partial charge in [-0.2, -0.15) is 0 Å². The molecule has 1 aliphatic heterocycles. The van der Waals surface area contributed by atoms with Crippen LogP contribution >= 0.6 is 0 Å². The van der Waals surface area contributed by atoms with Crippen LogP contribution in [0.3, 0.4) is 0 Å². The van der Waals surface area contributed by atoms with Crippen LogP contribution in [0.5, 0.6) is 0 Å². The van der Waals surface area contributed by atoms with E-state index in [-0.39, 0.29) is 12.1 Å². The molecule has 6 heteroatoms. The fourth-order valence-electron chi connectivity index (χ4n) is 1.80. The summed E-state index contributed by atoms with van der Waals surface area (Å²) in [7, 11) is 0. The Bertz CT molecular complexity index is 365. The van der Waals surface area contributed by atoms with Crippen molar-refractivity contribution in [3.05, 3.63) is 24.0 Å². The molecule has 1 saturated heterocycles. The molecule has 1 fully saturated rings. The number of aliphatic hydroxyl groups is 2. The monoisotopic (exact) mass is 228 g/mol. The lowest BCUT2D eigenvalue weighted by Crippen LogP contribution is -2.44. The van der Waals surface area contributed by atoms with E-state index < -0.39 is 30.2 Å². The van der Waals surface area contributed by atoms with E-state index in [1.54, 1.807) is 6.92 Å². The molecule has 88 valence electrons. The van der Waals surface area contributed by atoms with Crippen molar-refractivity contribution in [1.82, 2.24) is 9.97 Å². The molecule has 0 saturated carbocycles. The Hall–Kier alpha value is -1.11. The average Bonchev–Trinajstić information content (AvgIpc) is 2.26. The summed E-state index contributed by atoms with van der Waals surface area (Å²) in [5.41, 5.74) is 0.118. The molecule has 2 rings (SSSR count). The van der Waals surface area contributed by atoms with E-state index in [9.17, 15) is 14.6 Å². The largest absolute Gasteiger partial charge is 0.390 e. The summed E-state index contributed by atoms with van der Waals surface area (Å²) < 4.78 is 18.8. The van der Waals surface area contributed by atoms with Gasteiger partial charge in [-0.3, -0.25) is 0 Å². The van der Waals surface area contributed by atoms with E-state index in [0.29, 0.717) is 0 Å². The van der Waals surface area contributed by atoms with Crippen molar-refractivity contribution in [3.8, 4) is 0 Å². The molecule has 0 aromatic carbocycles. The quantitative estimate of drug-likeness (QED) is 0.717. The maximum atomic E-state index is 13.4. The van der Waals surface area contributed by atoms with Gasteiger partial charge in [-0.1, -0.05) is 0 Å². The normalized spacial score (nSPS) is 35.0. The van der Waals surface area contributed by atoms with Gasteiger partial charge in [0.1, 0.15) is 24.2 Å². The van der Waals surface area contributed by atoms with Crippen molar-refractivity contribution in [2.24, 2.45) is 0 Å². The van der Waals surface area contributed by atoms with Crippen LogP contribution in [0.25, 0.3) is 0 Å². The summed E-state index contributed by atoms with van der Waals surface area (Å²) in [6.07, 6.45) is -0.666. The first kappa shape index (κ1) is 11.4. The lowest BCUT2D eigenvalue weighted by molar-refractivity contribution is -0.165. The molecule has 1 aromatic heterocycles. The minimum atomic E-state index is -0.943. The molecule has 4 atom stereocenters. The summed E-state index contributed by atoms with van der Waals surface area (Å²) in [4.78, 5) is 7.33. The molecule has 2 N–H and O–H groups in total. The fraction of sp³-hybridized carbons (Fsp3) is 0.600. The minimum absolute atomic E-state index is 0.118. The first-order chi connectivity index (χ1) is 7.59. The van der Waals surface area contributed by atoms with Crippen molar-refractivity contribution >= 4 is 0 Å². The summed E-state index contributed by atoms with van der Waals surface area (Å²) in [5, 5.41) is 19.1. The third-order valence-electron chi connectivity index (χ3n) is 2.71. The number of halogens is 1. The Labute approximate surface area is 91.9 Å². The molecule has 16 heavy (non-hydrogen) atoms. The molecule has 1 aliphatic rings. The van der Waals surface area contributed by atoms with Crippen LogP contribution in [0.1, 0.15) is 25.1 Å². The predicted octanol–water partition coefficient (Wildman–Crippen LogP) is 0.187. The topological polar surface area (TPSA) is 75.5 Å². The van der Waals surface area contributed by atoms with E-state index >= 15 is 0 Å². The van der Waals surface area contributed by atoms with Crippen molar-refractivity contribution < 1.29 is 19.3 Å². The van der Waals surface area contributed by atoms with Gasteiger partial charge in [0.25, 0.3) is 0 Å². The van der Waals surface area contributed by atoms with E-state index in [1.807, 2.05) is 0 Å². The van der Waals surface area contributed by atoms with Gasteiger partial charge in [0.2, 0.25) is 0 Å². The van der Waals surface area contributed by atoms with Gasteiger partial charge in [0.05, 0.1) is 18.4 Å². The van der Waals surface area contributed by atoms with E-state index in [2.05, 4.69) is 9.97 Å². The molecule has 2 heterocycles. The molecule has 4 unspecified atom stereocenters. The summed E-state index contributed by atoms with van der Waals surface area (Å²) in [5.74, 6) is -0.566. The van der Waals surface area contributed by atoms with Gasteiger partial charge in [0.15, 0.2) is 5.82 Å². The van der Waals surface area contributed by atoms with Gasteiger partial charge < -0.3 is 14.9 Å². The first-order valence-corrected chi connectivity index (χ1v) is 5.06. The molecule has 0 spiro atoms. The van der Waals surface area contributed by atoms with Gasteiger partial charge in [-0.05, 0) is 6.92 Å². The molecular formula is C10H13FN2O3. The van der Waals surface area contributed by atoms with Crippen molar-refractivity contribution in [2.45, 2.75) is 37.8 Å². The fourth-order valence-corrected chi connectivity index (χ4v) is 1.80. The number of nitrogens with zero attached hydrogens (tertiary/aromatic N) is 2. The highest BCUT2D eigenvalue weighted by Gasteiger charge is 2.36. The van der Waals surface area contributed by atoms with E-state index in [4.69, 9.17) is 4.74 Å². The molecule has 1 aromatic rings. The smallest absolute Gasteiger partial charge is 0.165 e. The number of hydrogen-bond acceptors (Lipinski definition) is 5. The standard InChI is InChI=1S/C10H13FN2O3/c1-5-10(15)7(14)2-8(16-5)9-6(11)3-12-4-13-9/h3-5,7-8,10,14-15H,2H2,1H3. The summed E-state index contributed by atoms with van der Waals surface area (Å²) in [6, 6.07) is 0. The molecular weight excluding hydrogens is 215 g/mol. The SMILES string of the molecule is CC1OC(c2ncncc2F)CC(O)C1O. The third-order valence-corrected chi connectivity index (χ3v) is 2.71. The second-order valence-electron chi connectivity index (χ2n) is 3.88. The zero-order valence-corrected chi connectivity index (χ0v) is 8.75. The maximum Gasteiger partial charge on any atom is 0.165 e. The average molecular weight is 228 g/mol. The Morgan fingerprint density at radius 3 is 2.88 bits per heavy atom. The van der Waals surface area contributed by atoms with Crippen molar-refractivity contribution in [2.75, 3.05) is 0 Å². The Balaban J connectivity index is 2.20. The maximum absolute atomic E-state index is 13.4. The molecule has 0 amide bonds. The van der Waals surface area contributed by atoms with Crippen LogP contribution < -0.4 is 0 Å². The van der Waals surface area contributed by atoms with E-state index in [0.717, 1.165) is 6.20 Å². The van der Waals surface area contributed by atoms with Gasteiger partial charge >= 0.3 is 0 Å². The van der Waals surface area contributed by atoms with Crippen LogP contribution in [-0.2, 0) is 4.74 Å². The lowest BCUT2D eigenvalue weighted by atomic mass is 9.97. The zero-order valence-electron chi connectivity index (χ0n) is 8.75. The van der Waals surface area contributed by atoms with Gasteiger partial charge in [0, 0.05) is 6.42 Å². The molecule has 5 nitrogen and oxygen atoms in total. The summed E-state index contributed by atoms with van der Waals surface area (Å²) in [6.45, 7) is 1.62. The highest BCUT2D eigenvalue weighted by molar-refractivity contribution is 5.08. The molecule has 0 radical (unpaired) electrons. The van der Waals surface area contributed by atoms with Crippen molar-refractivity contribution in [1.29, 1.82) is 0 Å². The summed E-state index contributed by atoms with van der Waals surface area (Å²) >= 11 is 0. The van der Waals surface area contributed by atoms with Crippen LogP contribution in [0.2, 0.25) is 0 Å². The highest BCUT2D eigenvalue weighted by atomic mass is 19.1. The van der Waals surface area contributed by atoms with Crippen LogP contribution in [0.15, 0.2) is 12.5 Å².